The number of alkyl halides is 3. The van der Waals surface area contributed by atoms with E-state index >= 15 is 0 Å². The van der Waals surface area contributed by atoms with Crippen molar-refractivity contribution >= 4 is 5.91 Å². The number of aromatic amines is 1. The van der Waals surface area contributed by atoms with Gasteiger partial charge in [-0.25, -0.2) is 0 Å². The first-order valence-corrected chi connectivity index (χ1v) is 7.22. The number of hydrogen-bond acceptors (Lipinski definition) is 6. The molecule has 0 aliphatic heterocycles. The molecule has 3 N–H and O–H groups in total. The number of aromatic nitrogens is 5. The summed E-state index contributed by atoms with van der Waals surface area (Å²) < 4.78 is 42.6. The molecule has 0 saturated carbocycles. The molecule has 0 radical (unpaired) electrons. The summed E-state index contributed by atoms with van der Waals surface area (Å²) >= 11 is 0. The van der Waals surface area contributed by atoms with Gasteiger partial charge in [0.15, 0.2) is 12.4 Å². The van der Waals surface area contributed by atoms with Crippen LogP contribution in [0.4, 0.5) is 13.2 Å². The van der Waals surface area contributed by atoms with Gasteiger partial charge in [0.1, 0.15) is 11.4 Å². The lowest BCUT2D eigenvalue weighted by molar-refractivity contribution is -0.153. The molecule has 1 atom stereocenters. The van der Waals surface area contributed by atoms with E-state index in [4.69, 9.17) is 10.5 Å². The van der Waals surface area contributed by atoms with Gasteiger partial charge in [-0.05, 0) is 11.5 Å². The Kier molecular flexibility index (Phi) is 4.95. The second kappa shape index (κ2) is 6.65. The Labute approximate surface area is 141 Å². The maximum Gasteiger partial charge on any atom is 0.422 e. The largest absolute Gasteiger partial charge is 0.484 e. The first kappa shape index (κ1) is 18.6. The fourth-order valence-corrected chi connectivity index (χ4v) is 2.46. The van der Waals surface area contributed by atoms with Crippen molar-refractivity contribution in [3.05, 3.63) is 29.3 Å². The Hall–Kier alpha value is -2.72. The number of halogens is 3. The van der Waals surface area contributed by atoms with Gasteiger partial charge >= 0.3 is 6.18 Å². The zero-order valence-electron chi connectivity index (χ0n) is 13.8. The number of carbonyl (C=O) groups is 1. The number of H-pyrrole nitrogens is 1. The van der Waals surface area contributed by atoms with Crippen molar-refractivity contribution in [2.45, 2.75) is 32.9 Å². The molecule has 0 aliphatic rings. The summed E-state index contributed by atoms with van der Waals surface area (Å²) in [5, 5.41) is 13.6. The molecular weight excluding hydrogens is 341 g/mol. The third-order valence-electron chi connectivity index (χ3n) is 3.35. The van der Waals surface area contributed by atoms with E-state index in [-0.39, 0.29) is 22.8 Å². The Morgan fingerprint density at radius 1 is 1.36 bits per heavy atom. The number of nitrogens with two attached hydrogens (primary N) is 1. The van der Waals surface area contributed by atoms with Crippen LogP contribution >= 0.6 is 0 Å². The van der Waals surface area contributed by atoms with Crippen LogP contribution in [0, 0.1) is 5.41 Å². The summed E-state index contributed by atoms with van der Waals surface area (Å²) in [4.78, 5) is 15.7. The van der Waals surface area contributed by atoms with E-state index in [1.807, 2.05) is 0 Å². The van der Waals surface area contributed by atoms with Gasteiger partial charge < -0.3 is 10.5 Å². The van der Waals surface area contributed by atoms with E-state index < -0.39 is 30.0 Å². The first-order valence-electron chi connectivity index (χ1n) is 7.22. The van der Waals surface area contributed by atoms with E-state index in [2.05, 4.69) is 25.6 Å². The van der Waals surface area contributed by atoms with E-state index in [1.54, 1.807) is 20.8 Å². The minimum atomic E-state index is -4.54. The highest BCUT2D eigenvalue weighted by atomic mass is 19.4. The van der Waals surface area contributed by atoms with Crippen molar-refractivity contribution in [2.75, 3.05) is 6.61 Å². The zero-order valence-corrected chi connectivity index (χ0v) is 13.8. The number of pyridine rings is 1. The third-order valence-corrected chi connectivity index (χ3v) is 3.35. The number of hydrogen-bond donors (Lipinski definition) is 2. The van der Waals surface area contributed by atoms with E-state index in [0.717, 1.165) is 6.20 Å². The van der Waals surface area contributed by atoms with Gasteiger partial charge in [-0.2, -0.15) is 18.4 Å². The molecule has 25 heavy (non-hydrogen) atoms. The molecule has 2 aromatic heterocycles. The van der Waals surface area contributed by atoms with E-state index in [9.17, 15) is 18.0 Å². The Balaban J connectivity index is 2.64. The number of rotatable bonds is 5. The predicted octanol–water partition coefficient (Wildman–Crippen LogP) is 1.81. The van der Waals surface area contributed by atoms with Crippen molar-refractivity contribution in [1.29, 1.82) is 0 Å². The Morgan fingerprint density at radius 2 is 2.04 bits per heavy atom. The fourth-order valence-electron chi connectivity index (χ4n) is 2.46. The summed E-state index contributed by atoms with van der Waals surface area (Å²) in [7, 11) is 0. The second-order valence-electron chi connectivity index (χ2n) is 6.41. The monoisotopic (exact) mass is 358 g/mol. The van der Waals surface area contributed by atoms with Crippen molar-refractivity contribution in [3.63, 3.8) is 0 Å². The molecule has 11 heteroatoms. The van der Waals surface area contributed by atoms with Gasteiger partial charge in [0.2, 0.25) is 0 Å². The lowest BCUT2D eigenvalue weighted by Gasteiger charge is -2.30. The molecule has 1 unspecified atom stereocenters. The minimum Gasteiger partial charge on any atom is -0.484 e. The lowest BCUT2D eigenvalue weighted by atomic mass is 9.75. The fraction of sp³-hybridized carbons (Fsp3) is 0.500. The molecule has 2 rings (SSSR count). The van der Waals surface area contributed by atoms with Crippen LogP contribution in [0.1, 0.15) is 48.6 Å². The number of nitrogens with one attached hydrogen (secondary N) is 1. The molecule has 0 aromatic carbocycles. The van der Waals surface area contributed by atoms with Crippen molar-refractivity contribution in [2.24, 2.45) is 11.1 Å². The molecule has 0 fully saturated rings. The van der Waals surface area contributed by atoms with E-state index in [1.165, 1.54) is 6.07 Å². The van der Waals surface area contributed by atoms with Crippen LogP contribution in [-0.2, 0) is 0 Å². The number of amides is 1. The van der Waals surface area contributed by atoms with Gasteiger partial charge in [-0.15, -0.1) is 10.2 Å². The normalized spacial score (nSPS) is 13.5. The van der Waals surface area contributed by atoms with Crippen LogP contribution in [0.15, 0.2) is 12.3 Å². The zero-order chi connectivity index (χ0) is 18.8. The number of ether oxygens (including phenoxy) is 1. The number of tetrazole rings is 1. The predicted molar refractivity (Wildman–Crippen MR) is 79.8 cm³/mol. The molecule has 0 saturated heterocycles. The van der Waals surface area contributed by atoms with Gasteiger partial charge in [-0.1, -0.05) is 26.0 Å². The smallest absolute Gasteiger partial charge is 0.422 e. The van der Waals surface area contributed by atoms with Gasteiger partial charge in [0, 0.05) is 11.8 Å². The lowest BCUT2D eigenvalue weighted by Crippen LogP contribution is -2.28. The summed E-state index contributed by atoms with van der Waals surface area (Å²) in [5.41, 5.74) is 4.64. The molecule has 1 amide bonds. The second-order valence-corrected chi connectivity index (χ2v) is 6.41. The van der Waals surface area contributed by atoms with Crippen LogP contribution in [0.3, 0.4) is 0 Å². The maximum absolute atomic E-state index is 12.6. The molecule has 0 aliphatic carbocycles. The minimum absolute atomic E-state index is 0.0909. The SMILES string of the molecule is CC(C)(C)C(c1nn[nH]n1)c1c(OCC(F)(F)F)ccnc1C(N)=O. The van der Waals surface area contributed by atoms with Crippen LogP contribution in [0.25, 0.3) is 0 Å². The topological polar surface area (TPSA) is 120 Å². The molecule has 2 heterocycles. The average Bonchev–Trinajstić information content (AvgIpc) is 2.97. The maximum atomic E-state index is 12.6. The Morgan fingerprint density at radius 3 is 2.52 bits per heavy atom. The van der Waals surface area contributed by atoms with Crippen molar-refractivity contribution < 1.29 is 22.7 Å². The molecule has 0 spiro atoms. The van der Waals surface area contributed by atoms with Gasteiger partial charge in [0.05, 0.1) is 5.92 Å². The molecule has 0 bridgehead atoms. The highest BCUT2D eigenvalue weighted by molar-refractivity contribution is 5.93. The van der Waals surface area contributed by atoms with Crippen LogP contribution < -0.4 is 10.5 Å². The highest BCUT2D eigenvalue weighted by Crippen LogP contribution is 2.43. The number of nitrogens with zero attached hydrogens (tertiary/aromatic N) is 4. The van der Waals surface area contributed by atoms with Crippen molar-refractivity contribution in [1.82, 2.24) is 25.6 Å². The van der Waals surface area contributed by atoms with Crippen LogP contribution in [0.5, 0.6) is 5.75 Å². The third kappa shape index (κ3) is 4.43. The van der Waals surface area contributed by atoms with E-state index in [0.29, 0.717) is 0 Å². The summed E-state index contributed by atoms with van der Waals surface area (Å²) in [6.45, 7) is 3.89. The summed E-state index contributed by atoms with van der Waals surface area (Å²) in [5.74, 6) is -1.61. The number of carbonyl (C=O) groups excluding carboxylic acids is 1. The summed E-state index contributed by atoms with van der Waals surface area (Å²) in [6.07, 6.45) is -3.39. The molecular formula is C14H17F3N6O2. The number of primary amides is 1. The van der Waals surface area contributed by atoms with Crippen LogP contribution in [0.2, 0.25) is 0 Å². The van der Waals surface area contributed by atoms with Gasteiger partial charge in [0.25, 0.3) is 5.91 Å². The quantitative estimate of drug-likeness (QED) is 0.841. The first-order chi connectivity index (χ1) is 11.5. The standard InChI is InChI=1S/C14H17F3N6O2/c1-13(2,3)9(12-20-22-23-21-12)8-7(25-6-14(15,16)17)4-5-19-10(8)11(18)24/h4-5,9H,6H2,1-3H3,(H2,18,24)(H,20,21,22,23). The van der Waals surface area contributed by atoms with Crippen LogP contribution in [-0.4, -0.2) is 44.3 Å². The molecule has 136 valence electrons. The van der Waals surface area contributed by atoms with Crippen molar-refractivity contribution in [3.8, 4) is 5.75 Å². The molecule has 2 aromatic rings. The summed E-state index contributed by atoms with van der Waals surface area (Å²) in [6, 6.07) is 1.24. The highest BCUT2D eigenvalue weighted by Gasteiger charge is 2.38. The van der Waals surface area contributed by atoms with Gasteiger partial charge in [-0.3, -0.25) is 9.78 Å². The Bertz CT molecular complexity index is 740. The molecule has 8 nitrogen and oxygen atoms in total. The average molecular weight is 358 g/mol.